The lowest BCUT2D eigenvalue weighted by Crippen LogP contribution is -2.45. The van der Waals surface area contributed by atoms with Crippen LogP contribution in [0.3, 0.4) is 0 Å². The van der Waals surface area contributed by atoms with Crippen molar-refractivity contribution in [3.8, 4) is 0 Å². The van der Waals surface area contributed by atoms with Crippen LogP contribution in [0.1, 0.15) is 271 Å². The Morgan fingerprint density at radius 1 is 0.473 bits per heavy atom. The number of likely N-dealkylation sites (N-methyl/N-ethyl adjacent to an activating group) is 1. The van der Waals surface area contributed by atoms with E-state index in [-0.39, 0.29) is 19.1 Å². The Morgan fingerprint density at radius 2 is 0.824 bits per heavy atom. The Balaban J connectivity index is 4.12. The number of hydrogen-bond donors (Lipinski definition) is 3. The van der Waals surface area contributed by atoms with E-state index < -0.39 is 20.0 Å². The fourth-order valence-electron chi connectivity index (χ4n) is 8.79. The summed E-state index contributed by atoms with van der Waals surface area (Å²) < 4.78 is 23.7. The number of hydrogen-bond acceptors (Lipinski definition) is 5. The molecule has 3 atom stereocenters. The van der Waals surface area contributed by atoms with Crippen molar-refractivity contribution >= 4 is 13.7 Å². The number of nitrogens with one attached hydrogen (secondary N) is 1. The number of carbonyl (C=O) groups is 1. The monoisotopic (exact) mass is 1060 g/mol. The van der Waals surface area contributed by atoms with Gasteiger partial charge in [0.05, 0.1) is 39.9 Å². The Labute approximate surface area is 458 Å². The van der Waals surface area contributed by atoms with Crippen molar-refractivity contribution in [2.45, 2.75) is 283 Å². The zero-order chi connectivity index (χ0) is 54.2. The van der Waals surface area contributed by atoms with Crippen LogP contribution < -0.4 is 5.32 Å². The van der Waals surface area contributed by atoms with Crippen LogP contribution in [0, 0.1) is 0 Å². The second-order valence-corrected chi connectivity index (χ2v) is 23.5. The van der Waals surface area contributed by atoms with Crippen LogP contribution in [0.25, 0.3) is 0 Å². The van der Waals surface area contributed by atoms with Crippen molar-refractivity contribution < 1.29 is 32.9 Å². The molecule has 0 radical (unpaired) electrons. The zero-order valence-electron chi connectivity index (χ0n) is 49.1. The van der Waals surface area contributed by atoms with Crippen molar-refractivity contribution in [3.63, 3.8) is 0 Å². The molecule has 0 aromatic heterocycles. The number of carbonyl (C=O) groups excluding carboxylic acids is 1. The molecule has 74 heavy (non-hydrogen) atoms. The molecule has 0 aromatic rings. The van der Waals surface area contributed by atoms with Gasteiger partial charge in [-0.25, -0.2) is 4.57 Å². The van der Waals surface area contributed by atoms with E-state index in [9.17, 15) is 19.4 Å². The summed E-state index contributed by atoms with van der Waals surface area (Å²) in [4.78, 5) is 23.3. The highest BCUT2D eigenvalue weighted by molar-refractivity contribution is 7.47. The standard InChI is InChI=1S/C65H119N2O6P/c1-6-8-10-12-14-16-18-20-22-24-26-27-28-29-30-31-32-33-34-35-36-37-38-39-41-43-45-47-49-51-53-55-57-59-65(69)66-63(62-73-74(70,71)72-61-60-67(3,4)5)64(68)58-56-54-52-50-48-46-44-42-40-25-23-21-19-17-15-13-11-9-7-2/h8,10,14,16,20,22,26-27,29-30,48,50,56,58,63-64,68H,6-7,9,11-13,15,17-19,21,23-25,28,31-47,49,51-55,57,59-62H2,1-5H3,(H-,66,69,70,71)/p+1/b10-8-,16-14-,22-20-,27-26-,30-29-,50-48+,58-56+. The summed E-state index contributed by atoms with van der Waals surface area (Å²) in [5.74, 6) is -0.186. The van der Waals surface area contributed by atoms with E-state index in [4.69, 9.17) is 9.05 Å². The third-order valence-electron chi connectivity index (χ3n) is 13.6. The number of amides is 1. The molecule has 0 spiro atoms. The number of rotatable bonds is 56. The molecule has 9 heteroatoms. The van der Waals surface area contributed by atoms with Gasteiger partial charge in [-0.1, -0.05) is 272 Å². The van der Waals surface area contributed by atoms with Gasteiger partial charge in [0.1, 0.15) is 13.2 Å². The molecule has 0 bridgehead atoms. The number of quaternary nitrogens is 1. The fraction of sp³-hybridized carbons (Fsp3) is 0.769. The van der Waals surface area contributed by atoms with Crippen molar-refractivity contribution in [2.75, 3.05) is 40.9 Å². The van der Waals surface area contributed by atoms with Crippen molar-refractivity contribution in [1.82, 2.24) is 5.32 Å². The minimum Gasteiger partial charge on any atom is -0.387 e. The van der Waals surface area contributed by atoms with Gasteiger partial charge in [0.25, 0.3) is 0 Å². The predicted molar refractivity (Wildman–Crippen MR) is 323 cm³/mol. The maximum Gasteiger partial charge on any atom is 0.472 e. The van der Waals surface area contributed by atoms with E-state index in [2.05, 4.69) is 92.1 Å². The van der Waals surface area contributed by atoms with Gasteiger partial charge in [0.15, 0.2) is 0 Å². The summed E-state index contributed by atoms with van der Waals surface area (Å²) in [5, 5.41) is 13.9. The molecule has 430 valence electrons. The number of phosphoric ester groups is 1. The first-order valence-electron chi connectivity index (χ1n) is 31.0. The van der Waals surface area contributed by atoms with Gasteiger partial charge in [0, 0.05) is 6.42 Å². The maximum absolute atomic E-state index is 13.0. The van der Waals surface area contributed by atoms with E-state index in [1.165, 1.54) is 180 Å². The molecule has 0 aliphatic carbocycles. The Kier molecular flexibility index (Phi) is 53.7. The molecular formula is C65H120N2O6P+. The van der Waals surface area contributed by atoms with Gasteiger partial charge >= 0.3 is 7.82 Å². The second kappa shape index (κ2) is 55.4. The summed E-state index contributed by atoms with van der Waals surface area (Å²) in [6.07, 6.45) is 78.4. The van der Waals surface area contributed by atoms with Crippen LogP contribution in [0.5, 0.6) is 0 Å². The molecule has 0 fully saturated rings. The molecule has 3 unspecified atom stereocenters. The molecule has 0 heterocycles. The van der Waals surface area contributed by atoms with E-state index in [1.807, 2.05) is 27.2 Å². The Morgan fingerprint density at radius 3 is 1.24 bits per heavy atom. The maximum atomic E-state index is 13.0. The van der Waals surface area contributed by atoms with Crippen LogP contribution >= 0.6 is 7.82 Å². The van der Waals surface area contributed by atoms with E-state index in [0.29, 0.717) is 17.4 Å². The first-order chi connectivity index (χ1) is 36.0. The van der Waals surface area contributed by atoms with Crippen molar-refractivity contribution in [1.29, 1.82) is 0 Å². The van der Waals surface area contributed by atoms with Crippen LogP contribution in [-0.2, 0) is 18.4 Å². The first-order valence-corrected chi connectivity index (χ1v) is 32.5. The number of nitrogens with zero attached hydrogens (tertiary/aromatic N) is 1. The minimum absolute atomic E-state index is 0.0545. The lowest BCUT2D eigenvalue weighted by molar-refractivity contribution is -0.870. The summed E-state index contributed by atoms with van der Waals surface area (Å²) in [6.45, 7) is 4.70. The van der Waals surface area contributed by atoms with E-state index in [0.717, 1.165) is 70.6 Å². The molecule has 0 saturated heterocycles. The van der Waals surface area contributed by atoms with Crippen LogP contribution in [0.15, 0.2) is 85.1 Å². The number of allylic oxidation sites excluding steroid dienone is 13. The van der Waals surface area contributed by atoms with Crippen molar-refractivity contribution in [2.24, 2.45) is 0 Å². The average Bonchev–Trinajstić information content (AvgIpc) is 3.36. The molecule has 0 saturated carbocycles. The highest BCUT2D eigenvalue weighted by atomic mass is 31.2. The highest BCUT2D eigenvalue weighted by Gasteiger charge is 2.27. The third-order valence-corrected chi connectivity index (χ3v) is 14.6. The van der Waals surface area contributed by atoms with Crippen molar-refractivity contribution in [3.05, 3.63) is 85.1 Å². The summed E-state index contributed by atoms with van der Waals surface area (Å²) in [7, 11) is 1.56. The zero-order valence-corrected chi connectivity index (χ0v) is 50.0. The molecular weight excluding hydrogens is 936 g/mol. The molecule has 0 aliphatic heterocycles. The normalized spacial score (nSPS) is 14.4. The van der Waals surface area contributed by atoms with Crippen LogP contribution in [0.2, 0.25) is 0 Å². The van der Waals surface area contributed by atoms with Gasteiger partial charge in [-0.05, 0) is 77.0 Å². The summed E-state index contributed by atoms with van der Waals surface area (Å²) in [5.41, 5.74) is 0. The van der Waals surface area contributed by atoms with E-state index >= 15 is 0 Å². The number of aliphatic hydroxyl groups is 1. The Bertz CT molecular complexity index is 1480. The van der Waals surface area contributed by atoms with Crippen LogP contribution in [0.4, 0.5) is 0 Å². The molecule has 0 aromatic carbocycles. The molecule has 0 aliphatic rings. The van der Waals surface area contributed by atoms with Gasteiger partial charge < -0.3 is 19.8 Å². The number of aliphatic hydroxyl groups excluding tert-OH is 1. The lowest BCUT2D eigenvalue weighted by atomic mass is 10.0. The van der Waals surface area contributed by atoms with Gasteiger partial charge in [0.2, 0.25) is 5.91 Å². The Hall–Kier alpha value is -2.32. The topological polar surface area (TPSA) is 105 Å². The third kappa shape index (κ3) is 57.4. The SMILES string of the molecule is CC/C=C\C/C=C\C/C=C\C/C=C\C/C=C\CCCCCCCCCCCCCCCCCCCC(=O)NC(COP(=O)(O)OCC[N+](C)(C)C)C(O)/C=C/CC/C=C/CCCCCCCCCCCCCCC. The van der Waals surface area contributed by atoms with Crippen LogP contribution in [-0.4, -0.2) is 73.4 Å². The highest BCUT2D eigenvalue weighted by Crippen LogP contribution is 2.43. The van der Waals surface area contributed by atoms with E-state index in [1.54, 1.807) is 6.08 Å². The average molecular weight is 1060 g/mol. The number of unbranched alkanes of at least 4 members (excludes halogenated alkanes) is 31. The first kappa shape index (κ1) is 71.7. The second-order valence-electron chi connectivity index (χ2n) is 22.0. The lowest BCUT2D eigenvalue weighted by Gasteiger charge is -2.25. The van der Waals surface area contributed by atoms with Gasteiger partial charge in [-0.3, -0.25) is 13.8 Å². The smallest absolute Gasteiger partial charge is 0.387 e. The minimum atomic E-state index is -4.36. The number of phosphoric acid groups is 1. The molecule has 1 amide bonds. The summed E-state index contributed by atoms with van der Waals surface area (Å²) >= 11 is 0. The van der Waals surface area contributed by atoms with Gasteiger partial charge in [-0.15, -0.1) is 0 Å². The van der Waals surface area contributed by atoms with Gasteiger partial charge in [-0.2, -0.15) is 0 Å². The molecule has 8 nitrogen and oxygen atoms in total. The quantitative estimate of drug-likeness (QED) is 0.0243. The molecule has 3 N–H and O–H groups in total. The summed E-state index contributed by atoms with van der Waals surface area (Å²) in [6, 6.07) is -0.867. The fourth-order valence-corrected chi connectivity index (χ4v) is 9.53. The molecule has 0 rings (SSSR count). The predicted octanol–water partition coefficient (Wildman–Crippen LogP) is 19.2. The largest absolute Gasteiger partial charge is 0.472 e.